The molecule has 1 heterocycles. The zero-order chi connectivity index (χ0) is 25.9. The number of hydrogen-bond acceptors (Lipinski definition) is 3. The quantitative estimate of drug-likeness (QED) is 0.219. The van der Waals surface area contributed by atoms with Gasteiger partial charge in [-0.2, -0.15) is 13.2 Å². The number of anilines is 1. The first-order valence-electron chi connectivity index (χ1n) is 11.1. The van der Waals surface area contributed by atoms with Gasteiger partial charge in [-0.1, -0.05) is 51.2 Å². The van der Waals surface area contributed by atoms with Gasteiger partial charge in [0, 0.05) is 29.7 Å². The lowest BCUT2D eigenvalue weighted by molar-refractivity contribution is -0.137. The molecular formula is C27H40F3N3. The largest absolute Gasteiger partial charge is 0.419 e. The first-order chi connectivity index (χ1) is 15.5. The van der Waals surface area contributed by atoms with Gasteiger partial charge in [0.15, 0.2) is 0 Å². The van der Waals surface area contributed by atoms with Crippen LogP contribution in [0.2, 0.25) is 0 Å². The molecule has 3 nitrogen and oxygen atoms in total. The van der Waals surface area contributed by atoms with Crippen LogP contribution in [0.5, 0.6) is 0 Å². The van der Waals surface area contributed by atoms with Crippen LogP contribution in [-0.2, 0) is 6.18 Å². The van der Waals surface area contributed by atoms with Gasteiger partial charge in [-0.3, -0.25) is 0 Å². The van der Waals surface area contributed by atoms with Crippen LogP contribution >= 0.6 is 0 Å². The van der Waals surface area contributed by atoms with E-state index in [0.29, 0.717) is 24.2 Å². The summed E-state index contributed by atoms with van der Waals surface area (Å²) in [4.78, 5) is 3.93. The van der Waals surface area contributed by atoms with Gasteiger partial charge in [0.2, 0.25) is 0 Å². The van der Waals surface area contributed by atoms with Crippen LogP contribution in [0.1, 0.15) is 78.9 Å². The summed E-state index contributed by atoms with van der Waals surface area (Å²) >= 11 is 0. The summed E-state index contributed by atoms with van der Waals surface area (Å²) in [6.45, 7) is 17.7. The van der Waals surface area contributed by atoms with Gasteiger partial charge in [0.1, 0.15) is 5.82 Å². The number of allylic oxidation sites excluding steroid dienone is 6. The fraction of sp³-hybridized carbons (Fsp3) is 0.444. The second-order valence-electron chi connectivity index (χ2n) is 7.08. The zero-order valence-electron chi connectivity index (χ0n) is 21.2. The molecule has 1 aromatic rings. The van der Waals surface area contributed by atoms with Gasteiger partial charge in [-0.25, -0.2) is 4.98 Å². The van der Waals surface area contributed by atoms with Crippen LogP contribution in [0, 0.1) is 12.3 Å². The van der Waals surface area contributed by atoms with Gasteiger partial charge in [0.25, 0.3) is 0 Å². The third kappa shape index (κ3) is 15.5. The Hall–Kier alpha value is -2.94. The Morgan fingerprint density at radius 2 is 1.73 bits per heavy atom. The molecule has 0 amide bonds. The standard InChI is InChI=1S/C18H24F3N3.C6H12.C3H4/c1-6-8-22-17-16(18(19,20)21)10-15(11-23-17)14(5)24-13(4)9-12(3)7-2;1-3-5-6-4-2;1-3-2/h7,9-11,24H,5-6,8H2,1-4H3,(H,22,23);5-6H,3-4H2,1-2H3;1H,2H3/b12-7-,13-9+;6-5-;. The number of rotatable bonds is 9. The van der Waals surface area contributed by atoms with E-state index >= 15 is 0 Å². The van der Waals surface area contributed by atoms with E-state index in [9.17, 15) is 13.2 Å². The molecule has 0 fully saturated rings. The number of nitrogens with zero attached hydrogens (tertiary/aromatic N) is 1. The van der Waals surface area contributed by atoms with E-state index in [0.717, 1.165) is 17.3 Å². The van der Waals surface area contributed by atoms with Gasteiger partial charge >= 0.3 is 6.18 Å². The van der Waals surface area contributed by atoms with Gasteiger partial charge in [0.05, 0.1) is 5.56 Å². The third-order valence-electron chi connectivity index (χ3n) is 3.97. The van der Waals surface area contributed by atoms with Crippen LogP contribution < -0.4 is 10.6 Å². The molecule has 0 atom stereocenters. The van der Waals surface area contributed by atoms with Crippen molar-refractivity contribution in [3.8, 4) is 12.3 Å². The summed E-state index contributed by atoms with van der Waals surface area (Å²) < 4.78 is 39.8. The zero-order valence-corrected chi connectivity index (χ0v) is 21.2. The van der Waals surface area contributed by atoms with Crippen LogP contribution in [-0.4, -0.2) is 11.5 Å². The predicted molar refractivity (Wildman–Crippen MR) is 138 cm³/mol. The molecule has 1 aromatic heterocycles. The molecule has 0 spiro atoms. The highest BCUT2D eigenvalue weighted by Crippen LogP contribution is 2.35. The molecule has 0 radical (unpaired) electrons. The molecule has 1 rings (SSSR count). The Morgan fingerprint density at radius 3 is 2.15 bits per heavy atom. The van der Waals surface area contributed by atoms with Crippen molar-refractivity contribution in [3.05, 3.63) is 65.5 Å². The highest BCUT2D eigenvalue weighted by Gasteiger charge is 2.34. The summed E-state index contributed by atoms with van der Waals surface area (Å²) in [5.41, 5.74) is 1.71. The number of pyridine rings is 1. The van der Waals surface area contributed by atoms with Crippen LogP contribution in [0.4, 0.5) is 19.0 Å². The number of hydrogen-bond donors (Lipinski definition) is 2. The lowest BCUT2D eigenvalue weighted by Gasteiger charge is -2.16. The average Bonchev–Trinajstić information content (AvgIpc) is 2.76. The second kappa shape index (κ2) is 18.6. The van der Waals surface area contributed by atoms with Crippen molar-refractivity contribution in [1.82, 2.24) is 10.3 Å². The minimum Gasteiger partial charge on any atom is -0.370 e. The highest BCUT2D eigenvalue weighted by atomic mass is 19.4. The summed E-state index contributed by atoms with van der Waals surface area (Å²) in [5.74, 6) is 2.10. The smallest absolute Gasteiger partial charge is 0.370 e. The predicted octanol–water partition coefficient (Wildman–Crippen LogP) is 8.35. The fourth-order valence-electron chi connectivity index (χ4n) is 2.33. The Kier molecular flexibility index (Phi) is 18.2. The summed E-state index contributed by atoms with van der Waals surface area (Å²) in [7, 11) is 0. The van der Waals surface area contributed by atoms with Crippen molar-refractivity contribution in [2.45, 2.75) is 73.9 Å². The molecule has 0 aliphatic rings. The Labute approximate surface area is 199 Å². The molecule has 0 unspecified atom stereocenters. The Bertz CT molecular complexity index is 820. The van der Waals surface area contributed by atoms with E-state index in [4.69, 9.17) is 0 Å². The van der Waals surface area contributed by atoms with Gasteiger partial charge in [-0.05, 0) is 59.1 Å². The van der Waals surface area contributed by atoms with Crippen molar-refractivity contribution in [2.24, 2.45) is 0 Å². The average molecular weight is 464 g/mol. The molecule has 0 aliphatic heterocycles. The monoisotopic (exact) mass is 463 g/mol. The molecule has 0 aromatic carbocycles. The summed E-state index contributed by atoms with van der Waals surface area (Å²) in [6, 6.07) is 1.07. The van der Waals surface area contributed by atoms with E-state index in [-0.39, 0.29) is 5.82 Å². The van der Waals surface area contributed by atoms with Gasteiger partial charge < -0.3 is 10.6 Å². The Balaban J connectivity index is 0. The summed E-state index contributed by atoms with van der Waals surface area (Å²) in [5, 5.41) is 5.71. The molecular weight excluding hydrogens is 423 g/mol. The van der Waals surface area contributed by atoms with E-state index in [2.05, 4.69) is 60.5 Å². The lowest BCUT2D eigenvalue weighted by atomic mass is 10.1. The van der Waals surface area contributed by atoms with Crippen molar-refractivity contribution in [3.63, 3.8) is 0 Å². The number of terminal acetylenes is 1. The van der Waals surface area contributed by atoms with Crippen LogP contribution in [0.15, 0.2) is 54.4 Å². The maximum Gasteiger partial charge on any atom is 0.419 e. The molecule has 0 aliphatic carbocycles. The Morgan fingerprint density at radius 1 is 1.18 bits per heavy atom. The molecule has 6 heteroatoms. The molecule has 2 N–H and O–H groups in total. The van der Waals surface area contributed by atoms with Crippen molar-refractivity contribution >= 4 is 11.5 Å². The molecule has 184 valence electrons. The number of alkyl halides is 3. The third-order valence-corrected chi connectivity index (χ3v) is 3.97. The minimum absolute atomic E-state index is 0.155. The van der Waals surface area contributed by atoms with Gasteiger partial charge in [-0.15, -0.1) is 12.3 Å². The first-order valence-corrected chi connectivity index (χ1v) is 11.1. The maximum atomic E-state index is 13.3. The normalized spacial score (nSPS) is 11.5. The highest BCUT2D eigenvalue weighted by molar-refractivity contribution is 5.65. The van der Waals surface area contributed by atoms with E-state index in [1.54, 1.807) is 6.92 Å². The number of nitrogens with one attached hydrogen (secondary N) is 2. The van der Waals surface area contributed by atoms with E-state index in [1.807, 2.05) is 39.8 Å². The lowest BCUT2D eigenvalue weighted by Crippen LogP contribution is -2.15. The minimum atomic E-state index is -4.48. The van der Waals surface area contributed by atoms with E-state index in [1.165, 1.54) is 19.0 Å². The van der Waals surface area contributed by atoms with E-state index < -0.39 is 11.7 Å². The SMILES string of the molecule is C#CC.C=C(N/C(C)=C/C(C)=C\C)c1cnc(NCCC)c(C(F)(F)F)c1.CC/C=C\CC. The van der Waals surface area contributed by atoms with Crippen LogP contribution in [0.3, 0.4) is 0 Å². The fourth-order valence-corrected chi connectivity index (χ4v) is 2.33. The topological polar surface area (TPSA) is 37.0 Å². The first kappa shape index (κ1) is 32.2. The van der Waals surface area contributed by atoms with Crippen molar-refractivity contribution in [2.75, 3.05) is 11.9 Å². The molecule has 0 saturated carbocycles. The number of aromatic nitrogens is 1. The molecule has 0 saturated heterocycles. The van der Waals surface area contributed by atoms with Crippen LogP contribution in [0.25, 0.3) is 5.70 Å². The second-order valence-corrected chi connectivity index (χ2v) is 7.08. The van der Waals surface area contributed by atoms with Crippen molar-refractivity contribution < 1.29 is 13.2 Å². The molecule has 33 heavy (non-hydrogen) atoms. The van der Waals surface area contributed by atoms with Crippen molar-refractivity contribution in [1.29, 1.82) is 0 Å². The summed E-state index contributed by atoms with van der Waals surface area (Å²) in [6.07, 6.45) is 12.8. The number of halogens is 3. The molecule has 0 bridgehead atoms. The maximum absolute atomic E-state index is 13.3.